The summed E-state index contributed by atoms with van der Waals surface area (Å²) in [5.41, 5.74) is 1.12. The SMILES string of the molecule is O=C(Nc1cccc(NC(=O)c2ccc(Cl)cc2F)c1)c1ccc2c(c1)OCO2. The van der Waals surface area contributed by atoms with E-state index in [0.717, 1.165) is 6.07 Å². The Balaban J connectivity index is 1.47. The van der Waals surface area contributed by atoms with Crippen molar-refractivity contribution in [2.45, 2.75) is 0 Å². The van der Waals surface area contributed by atoms with Crippen molar-refractivity contribution in [3.05, 3.63) is 82.6 Å². The first-order valence-electron chi connectivity index (χ1n) is 8.57. The number of anilines is 2. The topological polar surface area (TPSA) is 76.7 Å². The minimum absolute atomic E-state index is 0.121. The maximum atomic E-state index is 13.9. The second-order valence-corrected chi connectivity index (χ2v) is 6.62. The van der Waals surface area contributed by atoms with Crippen molar-refractivity contribution < 1.29 is 23.5 Å². The summed E-state index contributed by atoms with van der Waals surface area (Å²) in [6, 6.07) is 15.2. The van der Waals surface area contributed by atoms with Crippen LogP contribution in [0.15, 0.2) is 60.7 Å². The van der Waals surface area contributed by atoms with Crippen LogP contribution in [0.4, 0.5) is 15.8 Å². The van der Waals surface area contributed by atoms with E-state index in [4.69, 9.17) is 21.1 Å². The fourth-order valence-electron chi connectivity index (χ4n) is 2.79. The number of fused-ring (bicyclic) bond motifs is 1. The molecule has 1 heterocycles. The van der Waals surface area contributed by atoms with E-state index in [2.05, 4.69) is 10.6 Å². The van der Waals surface area contributed by atoms with Crippen molar-refractivity contribution >= 4 is 34.8 Å². The molecular weight excluding hydrogens is 399 g/mol. The molecule has 0 radical (unpaired) electrons. The van der Waals surface area contributed by atoms with Crippen molar-refractivity contribution in [3.63, 3.8) is 0 Å². The van der Waals surface area contributed by atoms with Crippen LogP contribution in [0, 0.1) is 5.82 Å². The molecule has 8 heteroatoms. The molecule has 0 bridgehead atoms. The van der Waals surface area contributed by atoms with Gasteiger partial charge in [-0.1, -0.05) is 17.7 Å². The molecule has 146 valence electrons. The summed E-state index contributed by atoms with van der Waals surface area (Å²) in [7, 11) is 0. The van der Waals surface area contributed by atoms with E-state index in [0.29, 0.717) is 28.4 Å². The second-order valence-electron chi connectivity index (χ2n) is 6.18. The summed E-state index contributed by atoms with van der Waals surface area (Å²) in [6.07, 6.45) is 0. The summed E-state index contributed by atoms with van der Waals surface area (Å²) >= 11 is 5.71. The van der Waals surface area contributed by atoms with E-state index in [1.807, 2.05) is 0 Å². The summed E-state index contributed by atoms with van der Waals surface area (Å²) in [6.45, 7) is 0.121. The van der Waals surface area contributed by atoms with Crippen LogP contribution < -0.4 is 20.1 Å². The van der Waals surface area contributed by atoms with Crippen LogP contribution >= 0.6 is 11.6 Å². The van der Waals surface area contributed by atoms with Crippen LogP contribution in [-0.4, -0.2) is 18.6 Å². The number of hydrogen-bond donors (Lipinski definition) is 2. The van der Waals surface area contributed by atoms with Gasteiger partial charge in [0.15, 0.2) is 11.5 Å². The van der Waals surface area contributed by atoms with Crippen LogP contribution in [0.2, 0.25) is 5.02 Å². The third-order valence-electron chi connectivity index (χ3n) is 4.19. The number of benzene rings is 3. The number of carbonyl (C=O) groups is 2. The Kier molecular flexibility index (Phi) is 5.05. The third kappa shape index (κ3) is 4.14. The number of hydrogen-bond acceptors (Lipinski definition) is 4. The van der Waals surface area contributed by atoms with Gasteiger partial charge in [0, 0.05) is 22.0 Å². The Morgan fingerprint density at radius 3 is 2.34 bits per heavy atom. The van der Waals surface area contributed by atoms with E-state index in [-0.39, 0.29) is 23.3 Å². The smallest absolute Gasteiger partial charge is 0.258 e. The Bertz CT molecular complexity index is 1120. The van der Waals surface area contributed by atoms with Gasteiger partial charge in [-0.2, -0.15) is 0 Å². The molecule has 0 saturated carbocycles. The molecule has 0 aromatic heterocycles. The predicted molar refractivity (Wildman–Crippen MR) is 106 cm³/mol. The van der Waals surface area contributed by atoms with Crippen molar-refractivity contribution in [2.24, 2.45) is 0 Å². The summed E-state index contributed by atoms with van der Waals surface area (Å²) in [5, 5.41) is 5.54. The fourth-order valence-corrected chi connectivity index (χ4v) is 2.95. The highest BCUT2D eigenvalue weighted by Crippen LogP contribution is 2.32. The van der Waals surface area contributed by atoms with Gasteiger partial charge in [0.2, 0.25) is 6.79 Å². The highest BCUT2D eigenvalue weighted by Gasteiger charge is 2.17. The number of nitrogens with one attached hydrogen (secondary N) is 2. The molecule has 0 saturated heterocycles. The van der Waals surface area contributed by atoms with Gasteiger partial charge in [-0.3, -0.25) is 9.59 Å². The van der Waals surface area contributed by atoms with Gasteiger partial charge >= 0.3 is 0 Å². The molecule has 2 N–H and O–H groups in total. The minimum Gasteiger partial charge on any atom is -0.454 e. The van der Waals surface area contributed by atoms with Crippen LogP contribution in [-0.2, 0) is 0 Å². The molecule has 4 rings (SSSR count). The molecule has 0 aliphatic carbocycles. The first-order valence-corrected chi connectivity index (χ1v) is 8.95. The zero-order valence-electron chi connectivity index (χ0n) is 14.9. The predicted octanol–water partition coefficient (Wildman–Crippen LogP) is 4.71. The van der Waals surface area contributed by atoms with Crippen molar-refractivity contribution in [1.29, 1.82) is 0 Å². The van der Waals surface area contributed by atoms with Gasteiger partial charge in [0.25, 0.3) is 11.8 Å². The molecule has 1 aliphatic heterocycles. The van der Waals surface area contributed by atoms with Crippen LogP contribution in [0.5, 0.6) is 11.5 Å². The molecule has 3 aromatic carbocycles. The van der Waals surface area contributed by atoms with Crippen LogP contribution in [0.25, 0.3) is 0 Å². The van der Waals surface area contributed by atoms with Gasteiger partial charge in [-0.05, 0) is 54.6 Å². The zero-order chi connectivity index (χ0) is 20.4. The van der Waals surface area contributed by atoms with Gasteiger partial charge < -0.3 is 20.1 Å². The van der Waals surface area contributed by atoms with E-state index < -0.39 is 11.7 Å². The summed E-state index contributed by atoms with van der Waals surface area (Å²) in [4.78, 5) is 24.8. The molecule has 29 heavy (non-hydrogen) atoms. The van der Waals surface area contributed by atoms with Crippen LogP contribution in [0.1, 0.15) is 20.7 Å². The average molecular weight is 413 g/mol. The van der Waals surface area contributed by atoms with Crippen molar-refractivity contribution in [1.82, 2.24) is 0 Å². The molecule has 0 atom stereocenters. The highest BCUT2D eigenvalue weighted by atomic mass is 35.5. The number of halogens is 2. The van der Waals surface area contributed by atoms with Gasteiger partial charge in [0.1, 0.15) is 5.82 Å². The maximum absolute atomic E-state index is 13.9. The van der Waals surface area contributed by atoms with Gasteiger partial charge in [-0.25, -0.2) is 4.39 Å². The zero-order valence-corrected chi connectivity index (χ0v) is 15.6. The molecule has 0 fully saturated rings. The Morgan fingerprint density at radius 1 is 0.862 bits per heavy atom. The molecule has 0 unspecified atom stereocenters. The minimum atomic E-state index is -0.720. The lowest BCUT2D eigenvalue weighted by Crippen LogP contribution is -2.15. The normalized spacial score (nSPS) is 11.8. The van der Waals surface area contributed by atoms with Gasteiger partial charge in [0.05, 0.1) is 5.56 Å². The average Bonchev–Trinajstić information content (AvgIpc) is 3.16. The number of carbonyl (C=O) groups excluding carboxylic acids is 2. The Hall–Kier alpha value is -3.58. The third-order valence-corrected chi connectivity index (χ3v) is 4.42. The Labute approximate surface area is 170 Å². The monoisotopic (exact) mass is 412 g/mol. The Morgan fingerprint density at radius 2 is 1.59 bits per heavy atom. The summed E-state index contributed by atoms with van der Waals surface area (Å²) in [5.74, 6) is -0.611. The first-order chi connectivity index (χ1) is 14.0. The van der Waals surface area contributed by atoms with E-state index in [1.165, 1.54) is 12.1 Å². The molecular formula is C21H14ClFN2O4. The number of rotatable bonds is 4. The lowest BCUT2D eigenvalue weighted by molar-refractivity contribution is 0.101. The van der Waals surface area contributed by atoms with Crippen molar-refractivity contribution in [3.8, 4) is 11.5 Å². The molecule has 1 aliphatic rings. The number of ether oxygens (including phenoxy) is 2. The largest absolute Gasteiger partial charge is 0.454 e. The molecule has 2 amide bonds. The van der Waals surface area contributed by atoms with Crippen molar-refractivity contribution in [2.75, 3.05) is 17.4 Å². The highest BCUT2D eigenvalue weighted by molar-refractivity contribution is 6.30. The lowest BCUT2D eigenvalue weighted by Gasteiger charge is -2.10. The molecule has 0 spiro atoms. The second kappa shape index (κ2) is 7.81. The lowest BCUT2D eigenvalue weighted by atomic mass is 10.1. The van der Waals surface area contributed by atoms with E-state index >= 15 is 0 Å². The maximum Gasteiger partial charge on any atom is 0.258 e. The molecule has 3 aromatic rings. The standard InChI is InChI=1S/C21H14ClFN2O4/c22-13-5-6-16(17(23)9-13)21(27)25-15-3-1-2-14(10-15)24-20(26)12-4-7-18-19(8-12)29-11-28-18/h1-10H,11H2,(H,24,26)(H,25,27). The molecule has 6 nitrogen and oxygen atoms in total. The quantitative estimate of drug-likeness (QED) is 0.650. The van der Waals surface area contributed by atoms with Crippen LogP contribution in [0.3, 0.4) is 0 Å². The number of amides is 2. The van der Waals surface area contributed by atoms with Gasteiger partial charge in [-0.15, -0.1) is 0 Å². The van der Waals surface area contributed by atoms with E-state index in [9.17, 15) is 14.0 Å². The summed E-state index contributed by atoms with van der Waals surface area (Å²) < 4.78 is 24.4. The fraction of sp³-hybridized carbons (Fsp3) is 0.0476. The first kappa shape index (κ1) is 18.8. The van der Waals surface area contributed by atoms with E-state index in [1.54, 1.807) is 42.5 Å².